The minimum absolute atomic E-state index is 0.0697. The molecule has 5 heteroatoms. The van der Waals surface area contributed by atoms with E-state index in [2.05, 4.69) is 4.98 Å². The Labute approximate surface area is 92.5 Å². The molecule has 1 unspecified atom stereocenters. The van der Waals surface area contributed by atoms with Crippen LogP contribution in [0.25, 0.3) is 11.0 Å². The average molecular weight is 219 g/mol. The van der Waals surface area contributed by atoms with Gasteiger partial charge in [-0.25, -0.2) is 4.98 Å². The molecule has 1 atom stereocenters. The molecule has 0 aliphatic carbocycles. The fourth-order valence-electron chi connectivity index (χ4n) is 1.75. The lowest BCUT2D eigenvalue weighted by Gasteiger charge is -2.11. The largest absolute Gasteiger partial charge is 0.481 e. The van der Waals surface area contributed by atoms with Crippen LogP contribution in [0.15, 0.2) is 24.5 Å². The predicted octanol–water partition coefficient (Wildman–Crippen LogP) is 1.65. The summed E-state index contributed by atoms with van der Waals surface area (Å²) in [6.45, 7) is 1.85. The van der Waals surface area contributed by atoms with Crippen LogP contribution in [0.5, 0.6) is 0 Å². The van der Waals surface area contributed by atoms with E-state index in [0.29, 0.717) is 5.69 Å². The van der Waals surface area contributed by atoms with E-state index in [1.54, 1.807) is 18.5 Å². The third-order valence-electron chi connectivity index (χ3n) is 2.54. The number of benzene rings is 1. The van der Waals surface area contributed by atoms with Gasteiger partial charge >= 0.3 is 5.97 Å². The average Bonchev–Trinajstić information content (AvgIpc) is 2.59. The molecule has 2 rings (SSSR count). The monoisotopic (exact) mass is 219 g/mol. The number of carboxylic acids is 1. The number of aliphatic carboxylic acids is 1. The van der Waals surface area contributed by atoms with Crippen LogP contribution >= 0.6 is 0 Å². The van der Waals surface area contributed by atoms with Gasteiger partial charge < -0.3 is 15.4 Å². The molecule has 0 fully saturated rings. The predicted molar refractivity (Wildman–Crippen MR) is 61.1 cm³/mol. The van der Waals surface area contributed by atoms with Crippen molar-refractivity contribution >= 4 is 22.7 Å². The number of imidazole rings is 1. The maximum atomic E-state index is 10.6. The summed E-state index contributed by atoms with van der Waals surface area (Å²) in [4.78, 5) is 14.9. The van der Waals surface area contributed by atoms with Gasteiger partial charge in [0, 0.05) is 11.7 Å². The zero-order chi connectivity index (χ0) is 11.7. The smallest absolute Gasteiger partial charge is 0.305 e. The summed E-state index contributed by atoms with van der Waals surface area (Å²) < 4.78 is 1.83. The van der Waals surface area contributed by atoms with Crippen molar-refractivity contribution in [3.63, 3.8) is 0 Å². The number of hydrogen-bond donors (Lipinski definition) is 2. The molecule has 16 heavy (non-hydrogen) atoms. The van der Waals surface area contributed by atoms with E-state index in [1.165, 1.54) is 0 Å². The highest BCUT2D eigenvalue weighted by Crippen LogP contribution is 2.21. The molecule has 1 aromatic heterocycles. The highest BCUT2D eigenvalue weighted by molar-refractivity contribution is 5.79. The summed E-state index contributed by atoms with van der Waals surface area (Å²) in [7, 11) is 0. The van der Waals surface area contributed by atoms with E-state index < -0.39 is 5.97 Å². The van der Waals surface area contributed by atoms with Crippen molar-refractivity contribution in [3.05, 3.63) is 24.5 Å². The molecule has 0 aliphatic heterocycles. The summed E-state index contributed by atoms with van der Waals surface area (Å²) in [5.41, 5.74) is 8.04. The third kappa shape index (κ3) is 1.84. The van der Waals surface area contributed by atoms with E-state index in [0.717, 1.165) is 11.0 Å². The van der Waals surface area contributed by atoms with Crippen LogP contribution < -0.4 is 5.73 Å². The van der Waals surface area contributed by atoms with Gasteiger partial charge in [0.2, 0.25) is 0 Å². The Kier molecular flexibility index (Phi) is 2.52. The van der Waals surface area contributed by atoms with Gasteiger partial charge in [-0.2, -0.15) is 0 Å². The summed E-state index contributed by atoms with van der Waals surface area (Å²) in [6, 6.07) is 5.28. The first kappa shape index (κ1) is 10.5. The van der Waals surface area contributed by atoms with Crippen LogP contribution in [0.3, 0.4) is 0 Å². The topological polar surface area (TPSA) is 81.1 Å². The Morgan fingerprint density at radius 2 is 2.38 bits per heavy atom. The fraction of sp³-hybridized carbons (Fsp3) is 0.273. The highest BCUT2D eigenvalue weighted by atomic mass is 16.4. The Hall–Kier alpha value is -2.04. The maximum absolute atomic E-state index is 10.6. The van der Waals surface area contributed by atoms with E-state index in [-0.39, 0.29) is 12.5 Å². The molecule has 0 saturated heterocycles. The molecule has 84 valence electrons. The number of carboxylic acid groups (broad SMARTS) is 1. The summed E-state index contributed by atoms with van der Waals surface area (Å²) in [5.74, 6) is -0.821. The van der Waals surface area contributed by atoms with Crippen molar-refractivity contribution in [1.29, 1.82) is 0 Å². The van der Waals surface area contributed by atoms with Crippen LogP contribution in [-0.4, -0.2) is 20.6 Å². The molecule has 3 N–H and O–H groups in total. The fourth-order valence-corrected chi connectivity index (χ4v) is 1.75. The van der Waals surface area contributed by atoms with E-state index in [4.69, 9.17) is 10.8 Å². The van der Waals surface area contributed by atoms with E-state index >= 15 is 0 Å². The number of carbonyl (C=O) groups is 1. The number of aromatic nitrogens is 2. The van der Waals surface area contributed by atoms with Crippen LogP contribution in [0.1, 0.15) is 19.4 Å². The second-order valence-corrected chi connectivity index (χ2v) is 3.85. The molecule has 0 saturated carbocycles. The molecular formula is C11H13N3O2. The molecular weight excluding hydrogens is 206 g/mol. The number of nitrogens with two attached hydrogens (primary N) is 1. The van der Waals surface area contributed by atoms with Crippen molar-refractivity contribution in [3.8, 4) is 0 Å². The number of rotatable bonds is 3. The van der Waals surface area contributed by atoms with Gasteiger partial charge in [-0.15, -0.1) is 0 Å². The van der Waals surface area contributed by atoms with Crippen LogP contribution in [0.4, 0.5) is 5.69 Å². The molecule has 1 heterocycles. The van der Waals surface area contributed by atoms with Crippen molar-refractivity contribution in [2.75, 3.05) is 5.73 Å². The van der Waals surface area contributed by atoms with Crippen LogP contribution in [0.2, 0.25) is 0 Å². The van der Waals surface area contributed by atoms with Gasteiger partial charge in [-0.05, 0) is 25.1 Å². The third-order valence-corrected chi connectivity index (χ3v) is 2.54. The van der Waals surface area contributed by atoms with Gasteiger partial charge in [0.25, 0.3) is 0 Å². The first-order valence-corrected chi connectivity index (χ1v) is 5.02. The molecule has 2 aromatic rings. The Balaban J connectivity index is 2.44. The quantitative estimate of drug-likeness (QED) is 0.769. The number of nitrogen functional groups attached to an aromatic ring is 1. The van der Waals surface area contributed by atoms with Gasteiger partial charge in [0.1, 0.15) is 0 Å². The lowest BCUT2D eigenvalue weighted by atomic mass is 10.2. The standard InChI is InChI=1S/C11H13N3O2/c1-7(4-11(15)16)14-6-13-9-3-2-8(12)5-10(9)14/h2-3,5-7H,4,12H2,1H3,(H,15,16). The van der Waals surface area contributed by atoms with Crippen molar-refractivity contribution in [2.24, 2.45) is 0 Å². The first-order chi connectivity index (χ1) is 7.58. The Morgan fingerprint density at radius 3 is 3.06 bits per heavy atom. The highest BCUT2D eigenvalue weighted by Gasteiger charge is 2.12. The van der Waals surface area contributed by atoms with E-state index in [1.807, 2.05) is 17.6 Å². The van der Waals surface area contributed by atoms with Gasteiger partial charge in [0.05, 0.1) is 23.8 Å². The summed E-state index contributed by atoms with van der Waals surface area (Å²) >= 11 is 0. The molecule has 0 amide bonds. The molecule has 0 spiro atoms. The minimum Gasteiger partial charge on any atom is -0.481 e. The van der Waals surface area contributed by atoms with Gasteiger partial charge in [0.15, 0.2) is 0 Å². The Morgan fingerprint density at radius 1 is 1.62 bits per heavy atom. The second-order valence-electron chi connectivity index (χ2n) is 3.85. The van der Waals surface area contributed by atoms with Crippen LogP contribution in [-0.2, 0) is 4.79 Å². The molecule has 0 aliphatic rings. The number of fused-ring (bicyclic) bond motifs is 1. The van der Waals surface area contributed by atoms with Crippen molar-refractivity contribution in [1.82, 2.24) is 9.55 Å². The normalized spacial score (nSPS) is 12.8. The number of nitrogens with zero attached hydrogens (tertiary/aromatic N) is 2. The van der Waals surface area contributed by atoms with Gasteiger partial charge in [-0.1, -0.05) is 0 Å². The van der Waals surface area contributed by atoms with E-state index in [9.17, 15) is 4.79 Å². The Bertz CT molecular complexity index is 533. The SMILES string of the molecule is CC(CC(=O)O)n1cnc2ccc(N)cc21. The number of anilines is 1. The number of hydrogen-bond acceptors (Lipinski definition) is 3. The summed E-state index contributed by atoms with van der Waals surface area (Å²) in [5, 5.41) is 8.75. The minimum atomic E-state index is -0.821. The summed E-state index contributed by atoms with van der Waals surface area (Å²) in [6.07, 6.45) is 1.72. The van der Waals surface area contributed by atoms with Crippen molar-refractivity contribution in [2.45, 2.75) is 19.4 Å². The molecule has 5 nitrogen and oxygen atoms in total. The zero-order valence-corrected chi connectivity index (χ0v) is 8.92. The molecule has 0 radical (unpaired) electrons. The zero-order valence-electron chi connectivity index (χ0n) is 8.92. The lowest BCUT2D eigenvalue weighted by molar-refractivity contribution is -0.137. The second kappa shape index (κ2) is 3.84. The molecule has 1 aromatic carbocycles. The lowest BCUT2D eigenvalue weighted by Crippen LogP contribution is -2.09. The first-order valence-electron chi connectivity index (χ1n) is 5.02. The van der Waals surface area contributed by atoms with Crippen LogP contribution in [0, 0.1) is 0 Å². The van der Waals surface area contributed by atoms with Crippen molar-refractivity contribution < 1.29 is 9.90 Å². The molecule has 0 bridgehead atoms. The maximum Gasteiger partial charge on any atom is 0.305 e. The van der Waals surface area contributed by atoms with Gasteiger partial charge in [-0.3, -0.25) is 4.79 Å².